The molecule has 3 rings (SSSR count). The quantitative estimate of drug-likeness (QED) is 0.786. The van der Waals surface area contributed by atoms with E-state index in [9.17, 15) is 4.39 Å². The fourth-order valence-electron chi connectivity index (χ4n) is 2.19. The third-order valence-electron chi connectivity index (χ3n) is 3.17. The maximum absolute atomic E-state index is 13.7. The number of imidazole rings is 1. The Morgan fingerprint density at radius 1 is 1.38 bits per heavy atom. The topological polar surface area (TPSA) is 92.0 Å². The van der Waals surface area contributed by atoms with Crippen molar-refractivity contribution in [3.63, 3.8) is 0 Å². The van der Waals surface area contributed by atoms with E-state index in [1.54, 1.807) is 17.6 Å². The summed E-state index contributed by atoms with van der Waals surface area (Å²) >= 11 is 0. The van der Waals surface area contributed by atoms with Crippen LogP contribution < -0.4 is 10.5 Å². The van der Waals surface area contributed by atoms with Gasteiger partial charge < -0.3 is 19.6 Å². The molecule has 7 nitrogen and oxygen atoms in total. The van der Waals surface area contributed by atoms with Crippen LogP contribution in [0.25, 0.3) is 11.0 Å². The number of hydrogen-bond acceptors (Lipinski definition) is 6. The fraction of sp³-hybridized carbons (Fsp3) is 0.308. The zero-order chi connectivity index (χ0) is 15.0. The lowest BCUT2D eigenvalue weighted by atomic mass is 10.2. The van der Waals surface area contributed by atoms with Gasteiger partial charge in [-0.3, -0.25) is 0 Å². The summed E-state index contributed by atoms with van der Waals surface area (Å²) in [6.07, 6.45) is 0.510. The summed E-state index contributed by atoms with van der Waals surface area (Å²) in [5.74, 6) is 1.08. The molecule has 2 aromatic heterocycles. The maximum atomic E-state index is 13.7. The highest BCUT2D eigenvalue weighted by Crippen LogP contribution is 2.26. The zero-order valence-corrected chi connectivity index (χ0v) is 11.6. The van der Waals surface area contributed by atoms with Crippen molar-refractivity contribution >= 4 is 17.0 Å². The number of nitrogens with zero attached hydrogens (tertiary/aromatic N) is 4. The van der Waals surface area contributed by atoms with Crippen LogP contribution in [0.2, 0.25) is 0 Å². The second-order valence-electron chi connectivity index (χ2n) is 4.58. The molecule has 3 aromatic rings. The van der Waals surface area contributed by atoms with Crippen molar-refractivity contribution in [3.8, 4) is 5.75 Å². The molecule has 0 unspecified atom stereocenters. The molecule has 0 saturated carbocycles. The van der Waals surface area contributed by atoms with Crippen molar-refractivity contribution in [2.24, 2.45) is 0 Å². The van der Waals surface area contributed by atoms with Crippen LogP contribution in [-0.4, -0.2) is 26.8 Å². The highest BCUT2D eigenvalue weighted by molar-refractivity contribution is 5.80. The van der Waals surface area contributed by atoms with Crippen molar-refractivity contribution in [3.05, 3.63) is 29.7 Å². The number of nitrogen functional groups attached to an aromatic ring is 1. The van der Waals surface area contributed by atoms with Crippen LogP contribution in [0.5, 0.6) is 5.75 Å². The van der Waals surface area contributed by atoms with Crippen LogP contribution in [0.4, 0.5) is 10.3 Å². The van der Waals surface area contributed by atoms with Gasteiger partial charge in [-0.1, -0.05) is 5.16 Å². The van der Waals surface area contributed by atoms with Gasteiger partial charge >= 0.3 is 0 Å². The van der Waals surface area contributed by atoms with Crippen molar-refractivity contribution < 1.29 is 13.7 Å². The van der Waals surface area contributed by atoms with Crippen molar-refractivity contribution in [1.29, 1.82) is 0 Å². The van der Waals surface area contributed by atoms with E-state index >= 15 is 0 Å². The van der Waals surface area contributed by atoms with E-state index in [4.69, 9.17) is 15.0 Å². The predicted octanol–water partition coefficient (Wildman–Crippen LogP) is 1.70. The first-order valence-corrected chi connectivity index (χ1v) is 6.37. The third-order valence-corrected chi connectivity index (χ3v) is 3.17. The first kappa shape index (κ1) is 13.3. The van der Waals surface area contributed by atoms with E-state index in [1.165, 1.54) is 13.2 Å². The Morgan fingerprint density at radius 2 is 2.19 bits per heavy atom. The summed E-state index contributed by atoms with van der Waals surface area (Å²) in [6.45, 7) is 2.25. The molecule has 2 heterocycles. The highest BCUT2D eigenvalue weighted by Gasteiger charge is 2.14. The first-order valence-electron chi connectivity index (χ1n) is 6.37. The van der Waals surface area contributed by atoms with Crippen LogP contribution in [-0.2, 0) is 13.0 Å². The van der Waals surface area contributed by atoms with E-state index in [2.05, 4.69) is 15.1 Å². The predicted molar refractivity (Wildman–Crippen MR) is 73.4 cm³/mol. The zero-order valence-electron chi connectivity index (χ0n) is 11.6. The van der Waals surface area contributed by atoms with Gasteiger partial charge in [-0.15, -0.1) is 0 Å². The van der Waals surface area contributed by atoms with Crippen LogP contribution >= 0.6 is 0 Å². The lowest BCUT2D eigenvalue weighted by Gasteiger charge is -2.06. The van der Waals surface area contributed by atoms with Crippen molar-refractivity contribution in [2.45, 2.75) is 19.9 Å². The minimum atomic E-state index is -0.470. The number of nitrogens with two attached hydrogens (primary N) is 1. The summed E-state index contributed by atoms with van der Waals surface area (Å²) in [5, 5.41) is 3.73. The van der Waals surface area contributed by atoms with E-state index in [0.29, 0.717) is 41.7 Å². The summed E-state index contributed by atoms with van der Waals surface area (Å²) in [4.78, 5) is 8.28. The van der Waals surface area contributed by atoms with Gasteiger partial charge in [0.25, 0.3) is 0 Å². The Kier molecular flexibility index (Phi) is 3.20. The number of aromatic nitrogens is 4. The van der Waals surface area contributed by atoms with Gasteiger partial charge in [0, 0.05) is 25.1 Å². The Bertz CT molecular complexity index is 795. The summed E-state index contributed by atoms with van der Waals surface area (Å²) in [6, 6.07) is 2.88. The van der Waals surface area contributed by atoms with Crippen LogP contribution in [0, 0.1) is 12.7 Å². The Morgan fingerprint density at radius 3 is 2.86 bits per heavy atom. The summed E-state index contributed by atoms with van der Waals surface area (Å²) in [7, 11) is 1.41. The molecule has 0 aliphatic rings. The molecule has 0 spiro atoms. The van der Waals surface area contributed by atoms with Crippen molar-refractivity contribution in [1.82, 2.24) is 19.7 Å². The van der Waals surface area contributed by atoms with Crippen LogP contribution in [0.3, 0.4) is 0 Å². The maximum Gasteiger partial charge on any atom is 0.228 e. The van der Waals surface area contributed by atoms with Crippen LogP contribution in [0.1, 0.15) is 11.7 Å². The van der Waals surface area contributed by atoms with Gasteiger partial charge in [0.2, 0.25) is 11.8 Å². The Labute approximate surface area is 119 Å². The van der Waals surface area contributed by atoms with Crippen molar-refractivity contribution in [2.75, 3.05) is 12.8 Å². The smallest absolute Gasteiger partial charge is 0.228 e. The minimum absolute atomic E-state index is 0.150. The molecule has 21 heavy (non-hydrogen) atoms. The van der Waals surface area contributed by atoms with E-state index < -0.39 is 5.82 Å². The number of benzene rings is 1. The molecule has 0 fully saturated rings. The summed E-state index contributed by atoms with van der Waals surface area (Å²) in [5.41, 5.74) is 7.06. The molecule has 0 atom stereocenters. The van der Waals surface area contributed by atoms with Gasteiger partial charge in [-0.2, -0.15) is 4.98 Å². The Hall–Kier alpha value is -2.64. The molecule has 0 saturated heterocycles. The number of halogens is 1. The number of rotatable bonds is 4. The molecule has 0 amide bonds. The number of fused-ring (bicyclic) bond motifs is 1. The lowest BCUT2D eigenvalue weighted by Crippen LogP contribution is -2.06. The first-order chi connectivity index (χ1) is 10.1. The number of ether oxygens (including phenoxy) is 1. The van der Waals surface area contributed by atoms with Gasteiger partial charge in [0.05, 0.1) is 18.1 Å². The van der Waals surface area contributed by atoms with E-state index in [0.717, 1.165) is 0 Å². The molecule has 2 N–H and O–H groups in total. The number of hydrogen-bond donors (Lipinski definition) is 1. The molecule has 1 aromatic carbocycles. The number of aryl methyl sites for hydroxylation is 3. The number of methoxy groups -OCH3 is 1. The molecule has 8 heteroatoms. The third kappa shape index (κ3) is 2.39. The van der Waals surface area contributed by atoms with Gasteiger partial charge in [-0.05, 0) is 6.92 Å². The lowest BCUT2D eigenvalue weighted by molar-refractivity contribution is 0.369. The average molecular weight is 291 g/mol. The monoisotopic (exact) mass is 291 g/mol. The van der Waals surface area contributed by atoms with Gasteiger partial charge in [0.15, 0.2) is 17.4 Å². The van der Waals surface area contributed by atoms with Crippen LogP contribution in [0.15, 0.2) is 16.7 Å². The molecular formula is C13H14FN5O2. The second-order valence-corrected chi connectivity index (χ2v) is 4.58. The van der Waals surface area contributed by atoms with E-state index in [1.807, 2.05) is 0 Å². The SMILES string of the molecule is COc1cc2c(cc1F)nc(N)n2CCc1nc(C)no1. The molecule has 110 valence electrons. The number of anilines is 1. The highest BCUT2D eigenvalue weighted by atomic mass is 19.1. The molecule has 0 radical (unpaired) electrons. The second kappa shape index (κ2) is 5.04. The largest absolute Gasteiger partial charge is 0.494 e. The average Bonchev–Trinajstić information content (AvgIpc) is 2.98. The van der Waals surface area contributed by atoms with Gasteiger partial charge in [0.1, 0.15) is 0 Å². The standard InChI is InChI=1S/C13H14FN5O2/c1-7-16-12(21-18-7)3-4-19-10-6-11(20-2)8(14)5-9(10)17-13(19)15/h5-6H,3-4H2,1-2H3,(H2,15,17). The summed E-state index contributed by atoms with van der Waals surface area (Å²) < 4.78 is 25.5. The molecule has 0 aliphatic heterocycles. The Balaban J connectivity index is 1.95. The van der Waals surface area contributed by atoms with Gasteiger partial charge in [-0.25, -0.2) is 9.37 Å². The normalized spacial score (nSPS) is 11.2. The van der Waals surface area contributed by atoms with E-state index in [-0.39, 0.29) is 5.75 Å². The molecule has 0 aliphatic carbocycles. The minimum Gasteiger partial charge on any atom is -0.494 e. The molecule has 0 bridgehead atoms. The molecular weight excluding hydrogens is 277 g/mol. The fourth-order valence-corrected chi connectivity index (χ4v) is 2.19.